The van der Waals surface area contributed by atoms with Crippen molar-refractivity contribution in [2.24, 2.45) is 0 Å². The summed E-state index contributed by atoms with van der Waals surface area (Å²) in [6.07, 6.45) is 1.70. The second kappa shape index (κ2) is 7.11. The summed E-state index contributed by atoms with van der Waals surface area (Å²) in [6, 6.07) is 3.61. The first-order chi connectivity index (χ1) is 8.45. The molecule has 0 saturated carbocycles. The van der Waals surface area contributed by atoms with Crippen LogP contribution in [-0.4, -0.2) is 34.5 Å². The minimum absolute atomic E-state index is 0.101. The van der Waals surface area contributed by atoms with Crippen molar-refractivity contribution >= 4 is 26.7 Å². The molecule has 2 atom stereocenters. The molecule has 0 radical (unpaired) electrons. The number of hydrogen-bond donors (Lipinski definition) is 2. The van der Waals surface area contributed by atoms with Crippen LogP contribution in [0.3, 0.4) is 0 Å². The lowest BCUT2D eigenvalue weighted by molar-refractivity contribution is 0.371. The number of halogens is 1. The SMILES string of the molecule is COc1cc(CNCC(C)S(C)=O)cc(Br)c1O. The third kappa shape index (κ3) is 4.26. The maximum absolute atomic E-state index is 11.2. The second-order valence-corrected chi connectivity index (χ2v) is 6.72. The number of methoxy groups -OCH3 is 1. The summed E-state index contributed by atoms with van der Waals surface area (Å²) in [4.78, 5) is 0. The number of phenolic OH excluding ortho intramolecular Hbond substituents is 1. The number of hydrogen-bond acceptors (Lipinski definition) is 4. The van der Waals surface area contributed by atoms with Crippen molar-refractivity contribution in [3.63, 3.8) is 0 Å². The molecule has 0 amide bonds. The minimum Gasteiger partial charge on any atom is -0.503 e. The smallest absolute Gasteiger partial charge is 0.172 e. The van der Waals surface area contributed by atoms with Crippen molar-refractivity contribution in [3.8, 4) is 11.5 Å². The van der Waals surface area contributed by atoms with Crippen LogP contribution in [0.4, 0.5) is 0 Å². The zero-order valence-corrected chi connectivity index (χ0v) is 13.1. The van der Waals surface area contributed by atoms with Gasteiger partial charge < -0.3 is 15.2 Å². The van der Waals surface area contributed by atoms with Gasteiger partial charge in [-0.2, -0.15) is 0 Å². The molecular weight excluding hydrogens is 318 g/mol. The molecule has 0 heterocycles. The predicted octanol–water partition coefficient (Wildman–Crippen LogP) is 2.02. The monoisotopic (exact) mass is 335 g/mol. The van der Waals surface area contributed by atoms with E-state index in [1.54, 1.807) is 12.3 Å². The first-order valence-corrected chi connectivity index (χ1v) is 7.95. The summed E-state index contributed by atoms with van der Waals surface area (Å²) in [6.45, 7) is 3.26. The molecule has 0 aliphatic carbocycles. The first kappa shape index (κ1) is 15.5. The number of aromatic hydroxyl groups is 1. The fourth-order valence-corrected chi connectivity index (χ4v) is 2.26. The lowest BCUT2D eigenvalue weighted by atomic mass is 10.2. The number of nitrogens with one attached hydrogen (secondary N) is 1. The average Bonchev–Trinajstić information content (AvgIpc) is 2.33. The molecule has 18 heavy (non-hydrogen) atoms. The van der Waals surface area contributed by atoms with E-state index in [0.29, 0.717) is 23.3 Å². The van der Waals surface area contributed by atoms with Crippen LogP contribution >= 0.6 is 15.9 Å². The fourth-order valence-electron chi connectivity index (χ4n) is 1.42. The Morgan fingerprint density at radius 1 is 1.56 bits per heavy atom. The van der Waals surface area contributed by atoms with Gasteiger partial charge >= 0.3 is 0 Å². The van der Waals surface area contributed by atoms with E-state index in [1.165, 1.54) is 7.11 Å². The van der Waals surface area contributed by atoms with Crippen LogP contribution in [0.5, 0.6) is 11.5 Å². The standard InChI is InChI=1S/C12H18BrNO3S/c1-8(18(3)16)6-14-7-9-4-10(13)12(15)11(5-9)17-2/h4-5,8,14-15H,6-7H2,1-3H3. The van der Waals surface area contributed by atoms with Gasteiger partial charge in [-0.05, 0) is 40.5 Å². The van der Waals surface area contributed by atoms with Crippen molar-refractivity contribution < 1.29 is 14.1 Å². The number of ether oxygens (including phenoxy) is 1. The molecule has 2 N–H and O–H groups in total. The van der Waals surface area contributed by atoms with Gasteiger partial charge in [0.2, 0.25) is 0 Å². The third-order valence-corrected chi connectivity index (χ3v) is 4.54. The summed E-state index contributed by atoms with van der Waals surface area (Å²) in [5, 5.41) is 13.0. The Kier molecular flexibility index (Phi) is 6.11. The molecule has 1 aromatic carbocycles. The van der Waals surface area contributed by atoms with E-state index >= 15 is 0 Å². The van der Waals surface area contributed by atoms with E-state index in [4.69, 9.17) is 4.74 Å². The fraction of sp³-hybridized carbons (Fsp3) is 0.500. The largest absolute Gasteiger partial charge is 0.503 e. The Morgan fingerprint density at radius 2 is 2.22 bits per heavy atom. The van der Waals surface area contributed by atoms with Gasteiger partial charge in [-0.25, -0.2) is 0 Å². The van der Waals surface area contributed by atoms with Crippen molar-refractivity contribution in [3.05, 3.63) is 22.2 Å². The maximum atomic E-state index is 11.2. The molecule has 0 bridgehead atoms. The zero-order chi connectivity index (χ0) is 13.7. The molecule has 4 nitrogen and oxygen atoms in total. The van der Waals surface area contributed by atoms with Gasteiger partial charge in [0.25, 0.3) is 0 Å². The van der Waals surface area contributed by atoms with E-state index < -0.39 is 10.8 Å². The summed E-state index contributed by atoms with van der Waals surface area (Å²) in [5.41, 5.74) is 0.991. The van der Waals surface area contributed by atoms with Crippen LogP contribution in [0, 0.1) is 0 Å². The minimum atomic E-state index is -0.819. The lowest BCUT2D eigenvalue weighted by Gasteiger charge is -2.12. The van der Waals surface area contributed by atoms with Gasteiger partial charge in [-0.3, -0.25) is 4.21 Å². The molecule has 2 unspecified atom stereocenters. The van der Waals surface area contributed by atoms with Crippen LogP contribution in [0.25, 0.3) is 0 Å². The van der Waals surface area contributed by atoms with Crippen LogP contribution in [-0.2, 0) is 17.3 Å². The number of phenols is 1. The molecule has 102 valence electrons. The highest BCUT2D eigenvalue weighted by atomic mass is 79.9. The Labute approximate surface area is 118 Å². The van der Waals surface area contributed by atoms with E-state index in [9.17, 15) is 9.32 Å². The van der Waals surface area contributed by atoms with Crippen molar-refractivity contribution in [2.45, 2.75) is 18.7 Å². The van der Waals surface area contributed by atoms with E-state index in [-0.39, 0.29) is 11.0 Å². The molecule has 0 spiro atoms. The highest BCUT2D eigenvalue weighted by molar-refractivity contribution is 9.10. The molecule has 0 aliphatic rings. The van der Waals surface area contributed by atoms with Crippen LogP contribution in [0.1, 0.15) is 12.5 Å². The normalized spacial score (nSPS) is 14.2. The summed E-state index contributed by atoms with van der Waals surface area (Å²) in [5.74, 6) is 0.539. The van der Waals surface area contributed by atoms with E-state index in [1.807, 2.05) is 13.0 Å². The highest BCUT2D eigenvalue weighted by Crippen LogP contribution is 2.35. The Hall–Kier alpha value is -0.590. The molecule has 6 heteroatoms. The van der Waals surface area contributed by atoms with Crippen LogP contribution < -0.4 is 10.1 Å². The topological polar surface area (TPSA) is 58.6 Å². The van der Waals surface area contributed by atoms with Gasteiger partial charge in [-0.1, -0.05) is 0 Å². The average molecular weight is 336 g/mol. The van der Waals surface area contributed by atoms with Crippen molar-refractivity contribution in [2.75, 3.05) is 19.9 Å². The maximum Gasteiger partial charge on any atom is 0.172 e. The second-order valence-electron chi connectivity index (χ2n) is 4.07. The molecule has 1 aromatic rings. The van der Waals surface area contributed by atoms with Gasteiger partial charge in [0.05, 0.1) is 11.6 Å². The van der Waals surface area contributed by atoms with Crippen molar-refractivity contribution in [1.82, 2.24) is 5.32 Å². The Morgan fingerprint density at radius 3 is 2.78 bits per heavy atom. The van der Waals surface area contributed by atoms with Gasteiger partial charge in [0.1, 0.15) is 0 Å². The lowest BCUT2D eigenvalue weighted by Crippen LogP contribution is -2.27. The van der Waals surface area contributed by atoms with Gasteiger partial charge in [-0.15, -0.1) is 0 Å². The van der Waals surface area contributed by atoms with Gasteiger partial charge in [0.15, 0.2) is 11.5 Å². The third-order valence-electron chi connectivity index (χ3n) is 2.64. The van der Waals surface area contributed by atoms with Crippen LogP contribution in [0.15, 0.2) is 16.6 Å². The predicted molar refractivity (Wildman–Crippen MR) is 77.6 cm³/mol. The van der Waals surface area contributed by atoms with Gasteiger partial charge in [0, 0.05) is 35.4 Å². The molecule has 0 fully saturated rings. The van der Waals surface area contributed by atoms with Crippen LogP contribution in [0.2, 0.25) is 0 Å². The summed E-state index contributed by atoms with van der Waals surface area (Å²) in [7, 11) is 0.696. The molecule has 1 rings (SSSR count). The Bertz CT molecular complexity index is 440. The van der Waals surface area contributed by atoms with E-state index in [2.05, 4.69) is 21.2 Å². The van der Waals surface area contributed by atoms with E-state index in [0.717, 1.165) is 5.56 Å². The molecule has 0 aromatic heterocycles. The summed E-state index contributed by atoms with van der Waals surface area (Å²) < 4.78 is 16.9. The zero-order valence-electron chi connectivity index (χ0n) is 10.7. The molecule has 0 saturated heterocycles. The number of benzene rings is 1. The molecular formula is C12H18BrNO3S. The summed E-state index contributed by atoms with van der Waals surface area (Å²) >= 11 is 3.28. The highest BCUT2D eigenvalue weighted by Gasteiger charge is 2.09. The quantitative estimate of drug-likeness (QED) is 0.835. The Balaban J connectivity index is 2.63. The van der Waals surface area contributed by atoms with Crippen molar-refractivity contribution in [1.29, 1.82) is 0 Å². The first-order valence-electron chi connectivity index (χ1n) is 5.54. The molecule has 0 aliphatic heterocycles. The number of rotatable bonds is 6.